The lowest BCUT2D eigenvalue weighted by molar-refractivity contribution is 0.133. The summed E-state index contributed by atoms with van der Waals surface area (Å²) in [5, 5.41) is 11.9. The third kappa shape index (κ3) is 2.38. The molecule has 1 aromatic carbocycles. The number of piperazine rings is 1. The van der Waals surface area contributed by atoms with E-state index in [1.165, 1.54) is 0 Å². The molecular weight excluding hydrogens is 248 g/mol. The van der Waals surface area contributed by atoms with Gasteiger partial charge in [0, 0.05) is 49.5 Å². The van der Waals surface area contributed by atoms with E-state index in [0.29, 0.717) is 0 Å². The number of hydrogen-bond donors (Lipinski definition) is 0. The summed E-state index contributed by atoms with van der Waals surface area (Å²) in [7, 11) is 2.12. The van der Waals surface area contributed by atoms with Crippen LogP contribution in [0, 0.1) is 11.3 Å². The molecule has 4 nitrogen and oxygen atoms in total. The van der Waals surface area contributed by atoms with E-state index in [2.05, 4.69) is 34.0 Å². The Morgan fingerprint density at radius 1 is 1.15 bits per heavy atom. The van der Waals surface area contributed by atoms with E-state index in [-0.39, 0.29) is 6.04 Å². The predicted molar refractivity (Wildman–Crippen MR) is 79.2 cm³/mol. The molecule has 1 aromatic heterocycles. The van der Waals surface area contributed by atoms with Crippen LogP contribution in [0.15, 0.2) is 36.7 Å². The molecule has 1 aliphatic heterocycles. The van der Waals surface area contributed by atoms with Gasteiger partial charge in [-0.2, -0.15) is 5.26 Å². The molecule has 4 heteroatoms. The smallest absolute Gasteiger partial charge is 0.126 e. The van der Waals surface area contributed by atoms with Crippen LogP contribution in [-0.2, 0) is 0 Å². The zero-order chi connectivity index (χ0) is 13.9. The molecule has 1 unspecified atom stereocenters. The molecule has 1 saturated heterocycles. The summed E-state index contributed by atoms with van der Waals surface area (Å²) in [4.78, 5) is 8.85. The van der Waals surface area contributed by atoms with Crippen LogP contribution in [0.5, 0.6) is 0 Å². The Morgan fingerprint density at radius 3 is 2.65 bits per heavy atom. The number of aromatic nitrogens is 1. The number of hydrogen-bond acceptors (Lipinski definition) is 4. The van der Waals surface area contributed by atoms with Crippen LogP contribution in [0.3, 0.4) is 0 Å². The van der Waals surface area contributed by atoms with Gasteiger partial charge in [-0.3, -0.25) is 9.88 Å². The van der Waals surface area contributed by atoms with Crippen LogP contribution >= 0.6 is 0 Å². The first-order valence-corrected chi connectivity index (χ1v) is 6.94. The second-order valence-corrected chi connectivity index (χ2v) is 5.32. The minimum atomic E-state index is -0.206. The van der Waals surface area contributed by atoms with Gasteiger partial charge in [0.2, 0.25) is 0 Å². The van der Waals surface area contributed by atoms with Gasteiger partial charge < -0.3 is 4.90 Å². The van der Waals surface area contributed by atoms with Crippen LogP contribution in [0.1, 0.15) is 11.6 Å². The van der Waals surface area contributed by atoms with Crippen molar-refractivity contribution in [2.45, 2.75) is 6.04 Å². The molecule has 0 aliphatic carbocycles. The van der Waals surface area contributed by atoms with E-state index >= 15 is 0 Å². The minimum absolute atomic E-state index is 0.206. The maximum absolute atomic E-state index is 9.62. The lowest BCUT2D eigenvalue weighted by Crippen LogP contribution is -2.45. The summed E-state index contributed by atoms with van der Waals surface area (Å²) >= 11 is 0. The van der Waals surface area contributed by atoms with Crippen LogP contribution in [0.2, 0.25) is 0 Å². The normalized spacial score (nSPS) is 18.8. The standard InChI is InChI=1S/C16H18N4/c1-19-6-8-20(9-7-19)16(10-17)15-12-18-11-13-4-2-3-5-14(13)15/h2-5,11-12,16H,6-9H2,1H3. The van der Waals surface area contributed by atoms with Crippen molar-refractivity contribution in [2.75, 3.05) is 33.2 Å². The van der Waals surface area contributed by atoms with Crippen LogP contribution in [0.25, 0.3) is 10.8 Å². The third-order valence-electron chi connectivity index (χ3n) is 4.02. The first kappa shape index (κ1) is 13.0. The largest absolute Gasteiger partial charge is 0.304 e. The molecule has 0 N–H and O–H groups in total. The van der Waals surface area contributed by atoms with Crippen LogP contribution in [0.4, 0.5) is 0 Å². The van der Waals surface area contributed by atoms with Gasteiger partial charge in [0.1, 0.15) is 6.04 Å². The fourth-order valence-corrected chi connectivity index (χ4v) is 2.79. The van der Waals surface area contributed by atoms with Crippen molar-refractivity contribution >= 4 is 10.8 Å². The number of pyridine rings is 1. The van der Waals surface area contributed by atoms with E-state index in [1.54, 1.807) is 0 Å². The quantitative estimate of drug-likeness (QED) is 0.834. The highest BCUT2D eigenvalue weighted by atomic mass is 15.3. The minimum Gasteiger partial charge on any atom is -0.304 e. The second kappa shape index (κ2) is 5.58. The molecule has 102 valence electrons. The number of nitrogens with zero attached hydrogens (tertiary/aromatic N) is 4. The molecule has 2 aromatic rings. The number of rotatable bonds is 2. The highest BCUT2D eigenvalue weighted by Crippen LogP contribution is 2.27. The predicted octanol–water partition coefficient (Wildman–Crippen LogP) is 2.05. The molecule has 1 atom stereocenters. The Labute approximate surface area is 119 Å². The summed E-state index contributed by atoms with van der Waals surface area (Å²) in [6.07, 6.45) is 3.70. The zero-order valence-corrected chi connectivity index (χ0v) is 11.7. The number of nitriles is 1. The van der Waals surface area contributed by atoms with Crippen molar-refractivity contribution in [2.24, 2.45) is 0 Å². The molecule has 20 heavy (non-hydrogen) atoms. The monoisotopic (exact) mass is 266 g/mol. The highest BCUT2D eigenvalue weighted by molar-refractivity contribution is 5.85. The molecular formula is C16H18N4. The maximum atomic E-state index is 9.62. The van der Waals surface area contributed by atoms with E-state index in [9.17, 15) is 5.26 Å². The summed E-state index contributed by atoms with van der Waals surface area (Å²) in [6, 6.07) is 10.4. The molecule has 0 spiro atoms. The average molecular weight is 266 g/mol. The first-order chi connectivity index (χ1) is 9.79. The summed E-state index contributed by atoms with van der Waals surface area (Å²) < 4.78 is 0. The Balaban J connectivity index is 1.98. The zero-order valence-electron chi connectivity index (χ0n) is 11.7. The van der Waals surface area contributed by atoms with Crippen molar-refractivity contribution in [3.05, 3.63) is 42.2 Å². The molecule has 3 rings (SSSR count). The van der Waals surface area contributed by atoms with E-state index in [1.807, 2.05) is 30.6 Å². The maximum Gasteiger partial charge on any atom is 0.126 e. The van der Waals surface area contributed by atoms with Gasteiger partial charge in [-0.15, -0.1) is 0 Å². The van der Waals surface area contributed by atoms with Crippen LogP contribution < -0.4 is 0 Å². The summed E-state index contributed by atoms with van der Waals surface area (Å²) in [5.74, 6) is 0. The number of likely N-dealkylation sites (N-methyl/N-ethyl adjacent to an activating group) is 1. The van der Waals surface area contributed by atoms with Crippen molar-refractivity contribution in [1.82, 2.24) is 14.8 Å². The van der Waals surface area contributed by atoms with Gasteiger partial charge in [0.25, 0.3) is 0 Å². The fourth-order valence-electron chi connectivity index (χ4n) is 2.79. The molecule has 2 heterocycles. The second-order valence-electron chi connectivity index (χ2n) is 5.32. The third-order valence-corrected chi connectivity index (χ3v) is 4.02. The topological polar surface area (TPSA) is 43.2 Å². The van der Waals surface area contributed by atoms with Crippen molar-refractivity contribution in [3.8, 4) is 6.07 Å². The van der Waals surface area contributed by atoms with Crippen LogP contribution in [-0.4, -0.2) is 48.0 Å². The fraction of sp³-hybridized carbons (Fsp3) is 0.375. The van der Waals surface area contributed by atoms with Crippen molar-refractivity contribution in [3.63, 3.8) is 0 Å². The SMILES string of the molecule is CN1CCN(C(C#N)c2cncc3ccccc23)CC1. The number of fused-ring (bicyclic) bond motifs is 1. The van der Waals surface area contributed by atoms with E-state index < -0.39 is 0 Å². The lowest BCUT2D eigenvalue weighted by atomic mass is 10.0. The highest BCUT2D eigenvalue weighted by Gasteiger charge is 2.25. The Bertz CT molecular complexity index is 633. The molecule has 1 fully saturated rings. The lowest BCUT2D eigenvalue weighted by Gasteiger charge is -2.35. The van der Waals surface area contributed by atoms with Gasteiger partial charge >= 0.3 is 0 Å². The first-order valence-electron chi connectivity index (χ1n) is 6.94. The average Bonchev–Trinajstić information content (AvgIpc) is 2.50. The Kier molecular flexibility index (Phi) is 3.64. The summed E-state index contributed by atoms with van der Waals surface area (Å²) in [6.45, 7) is 3.88. The molecule has 0 saturated carbocycles. The van der Waals surface area contributed by atoms with Crippen molar-refractivity contribution in [1.29, 1.82) is 5.26 Å². The molecule has 0 amide bonds. The molecule has 1 aliphatic rings. The molecule has 0 bridgehead atoms. The van der Waals surface area contributed by atoms with Gasteiger partial charge in [0.05, 0.1) is 6.07 Å². The number of benzene rings is 1. The van der Waals surface area contributed by atoms with E-state index in [0.717, 1.165) is 42.5 Å². The summed E-state index contributed by atoms with van der Waals surface area (Å²) in [5.41, 5.74) is 1.02. The Morgan fingerprint density at radius 2 is 1.90 bits per heavy atom. The van der Waals surface area contributed by atoms with E-state index in [4.69, 9.17) is 0 Å². The van der Waals surface area contributed by atoms with Gasteiger partial charge in [-0.25, -0.2) is 0 Å². The van der Waals surface area contributed by atoms with Gasteiger partial charge in [-0.1, -0.05) is 24.3 Å². The van der Waals surface area contributed by atoms with Gasteiger partial charge in [-0.05, 0) is 12.4 Å². The molecule has 0 radical (unpaired) electrons. The Hall–Kier alpha value is -1.96. The van der Waals surface area contributed by atoms with Crippen molar-refractivity contribution < 1.29 is 0 Å². The van der Waals surface area contributed by atoms with Gasteiger partial charge in [0.15, 0.2) is 0 Å².